The maximum absolute atomic E-state index is 12.0. The molecule has 1 heterocycles. The van der Waals surface area contributed by atoms with Crippen LogP contribution in [-0.4, -0.2) is 21.4 Å². The normalized spacial score (nSPS) is 10.8. The van der Waals surface area contributed by atoms with Crippen LogP contribution in [0.15, 0.2) is 53.4 Å². The number of hydrogen-bond acceptors (Lipinski definition) is 3. The van der Waals surface area contributed by atoms with Crippen LogP contribution in [0.5, 0.6) is 0 Å². The van der Waals surface area contributed by atoms with Gasteiger partial charge in [0.15, 0.2) is 0 Å². The molecule has 3 rings (SSSR count). The third kappa shape index (κ3) is 3.31. The Bertz CT molecular complexity index is 826. The average molecular weight is 311 g/mol. The number of aryl methyl sites for hydroxylation is 2. The molecule has 0 saturated heterocycles. The number of hydrogen-bond donors (Lipinski definition) is 1. The second-order valence-electron chi connectivity index (χ2n) is 5.14. The lowest BCUT2D eigenvalue weighted by Gasteiger charge is -2.06. The van der Waals surface area contributed by atoms with E-state index in [4.69, 9.17) is 0 Å². The van der Waals surface area contributed by atoms with Crippen molar-refractivity contribution in [1.82, 2.24) is 9.78 Å². The highest BCUT2D eigenvalue weighted by atomic mass is 32.2. The summed E-state index contributed by atoms with van der Waals surface area (Å²) in [7, 11) is 1.82. The van der Waals surface area contributed by atoms with E-state index in [0.29, 0.717) is 5.75 Å². The van der Waals surface area contributed by atoms with Crippen LogP contribution in [0.2, 0.25) is 0 Å². The summed E-state index contributed by atoms with van der Waals surface area (Å²) in [4.78, 5) is 13.1. The Labute approximate surface area is 133 Å². The maximum Gasteiger partial charge on any atom is 0.235 e. The van der Waals surface area contributed by atoms with Crippen molar-refractivity contribution in [2.45, 2.75) is 11.8 Å². The number of thioether (sulfide) groups is 1. The first kappa shape index (κ1) is 14.7. The van der Waals surface area contributed by atoms with E-state index in [1.807, 2.05) is 32.2 Å². The van der Waals surface area contributed by atoms with Crippen LogP contribution >= 0.6 is 11.8 Å². The van der Waals surface area contributed by atoms with Crippen LogP contribution in [0, 0.1) is 6.92 Å². The van der Waals surface area contributed by atoms with Crippen LogP contribution in [0.3, 0.4) is 0 Å². The zero-order valence-electron chi connectivity index (χ0n) is 12.5. The molecule has 0 aliphatic carbocycles. The van der Waals surface area contributed by atoms with Gasteiger partial charge in [0.05, 0.1) is 11.4 Å². The van der Waals surface area contributed by atoms with Crippen molar-refractivity contribution in [3.05, 3.63) is 54.2 Å². The molecule has 0 bridgehead atoms. The van der Waals surface area contributed by atoms with Crippen LogP contribution in [0.25, 0.3) is 10.8 Å². The zero-order chi connectivity index (χ0) is 15.5. The van der Waals surface area contributed by atoms with Gasteiger partial charge in [-0.05, 0) is 29.8 Å². The first-order valence-corrected chi connectivity index (χ1v) is 8.02. The Hall–Kier alpha value is -2.27. The molecule has 0 aliphatic rings. The minimum absolute atomic E-state index is 0.0267. The number of rotatable bonds is 4. The molecule has 2 aromatic carbocycles. The van der Waals surface area contributed by atoms with Crippen molar-refractivity contribution in [1.29, 1.82) is 0 Å². The summed E-state index contributed by atoms with van der Waals surface area (Å²) in [5.74, 6) is 1.07. The molecule has 112 valence electrons. The van der Waals surface area contributed by atoms with Gasteiger partial charge in [-0.3, -0.25) is 9.48 Å². The van der Waals surface area contributed by atoms with E-state index in [2.05, 4.69) is 40.7 Å². The highest BCUT2D eigenvalue weighted by Crippen LogP contribution is 2.23. The number of carbonyl (C=O) groups excluding carboxylic acids is 1. The fraction of sp³-hybridized carbons (Fsp3) is 0.176. The predicted octanol–water partition coefficient (Wildman–Crippen LogP) is 3.61. The largest absolute Gasteiger partial charge is 0.310 e. The van der Waals surface area contributed by atoms with Gasteiger partial charge >= 0.3 is 0 Å². The molecule has 0 aliphatic heterocycles. The maximum atomic E-state index is 12.0. The smallest absolute Gasteiger partial charge is 0.235 e. The lowest BCUT2D eigenvalue weighted by molar-refractivity contribution is -0.113. The number of fused-ring (bicyclic) bond motifs is 1. The van der Waals surface area contributed by atoms with Crippen molar-refractivity contribution in [3.8, 4) is 0 Å². The summed E-state index contributed by atoms with van der Waals surface area (Å²) in [5, 5.41) is 9.49. The molecule has 0 fully saturated rings. The molecule has 1 aromatic heterocycles. The summed E-state index contributed by atoms with van der Waals surface area (Å²) in [6.45, 7) is 1.90. The third-order valence-electron chi connectivity index (χ3n) is 3.36. The number of anilines is 1. The average Bonchev–Trinajstić information content (AvgIpc) is 2.82. The number of nitrogens with zero attached hydrogens (tertiary/aromatic N) is 2. The van der Waals surface area contributed by atoms with Crippen LogP contribution in [0.1, 0.15) is 5.69 Å². The van der Waals surface area contributed by atoms with Gasteiger partial charge in [0, 0.05) is 18.0 Å². The number of aromatic nitrogens is 2. The molecule has 3 aromatic rings. The highest BCUT2D eigenvalue weighted by molar-refractivity contribution is 8.00. The van der Waals surface area contributed by atoms with E-state index in [9.17, 15) is 4.79 Å². The molecule has 0 saturated carbocycles. The molecule has 0 unspecified atom stereocenters. The van der Waals surface area contributed by atoms with Crippen molar-refractivity contribution < 1.29 is 4.79 Å². The second kappa shape index (κ2) is 6.23. The number of amides is 1. The molecular weight excluding hydrogens is 294 g/mol. The summed E-state index contributed by atoms with van der Waals surface area (Å²) >= 11 is 1.53. The molecular formula is C17H17N3OS. The fourth-order valence-corrected chi connectivity index (χ4v) is 3.06. The minimum atomic E-state index is -0.0267. The molecule has 5 heteroatoms. The molecule has 1 amide bonds. The number of benzene rings is 2. The van der Waals surface area contributed by atoms with Crippen molar-refractivity contribution in [2.75, 3.05) is 11.1 Å². The Kier molecular flexibility index (Phi) is 4.15. The van der Waals surface area contributed by atoms with E-state index >= 15 is 0 Å². The highest BCUT2D eigenvalue weighted by Gasteiger charge is 2.08. The van der Waals surface area contributed by atoms with Gasteiger partial charge in [0.2, 0.25) is 5.91 Å². The van der Waals surface area contributed by atoms with Gasteiger partial charge in [0.25, 0.3) is 0 Å². The van der Waals surface area contributed by atoms with Crippen molar-refractivity contribution in [2.24, 2.45) is 7.05 Å². The first-order valence-electron chi connectivity index (χ1n) is 7.04. The van der Waals surface area contributed by atoms with Crippen LogP contribution in [0.4, 0.5) is 5.82 Å². The topological polar surface area (TPSA) is 46.9 Å². The summed E-state index contributed by atoms with van der Waals surface area (Å²) in [6, 6.07) is 16.3. The quantitative estimate of drug-likeness (QED) is 0.749. The number of carbonyl (C=O) groups is 1. The van der Waals surface area contributed by atoms with E-state index in [-0.39, 0.29) is 5.91 Å². The van der Waals surface area contributed by atoms with Crippen molar-refractivity contribution >= 4 is 34.3 Å². The molecule has 4 nitrogen and oxygen atoms in total. The minimum Gasteiger partial charge on any atom is -0.310 e. The molecule has 1 N–H and O–H groups in total. The molecule has 0 atom stereocenters. The van der Waals surface area contributed by atoms with E-state index < -0.39 is 0 Å². The molecule has 0 spiro atoms. The van der Waals surface area contributed by atoms with Gasteiger partial charge in [0.1, 0.15) is 5.82 Å². The van der Waals surface area contributed by atoms with E-state index in [1.165, 1.54) is 22.5 Å². The predicted molar refractivity (Wildman–Crippen MR) is 91.2 cm³/mol. The zero-order valence-corrected chi connectivity index (χ0v) is 13.4. The molecule has 0 radical (unpaired) electrons. The Morgan fingerprint density at radius 1 is 1.18 bits per heavy atom. The second-order valence-corrected chi connectivity index (χ2v) is 6.19. The lowest BCUT2D eigenvalue weighted by Crippen LogP contribution is -2.16. The van der Waals surface area contributed by atoms with E-state index in [0.717, 1.165) is 16.4 Å². The lowest BCUT2D eigenvalue weighted by atomic mass is 10.1. The first-order chi connectivity index (χ1) is 10.6. The van der Waals surface area contributed by atoms with E-state index in [1.54, 1.807) is 4.68 Å². The van der Waals surface area contributed by atoms with Crippen LogP contribution < -0.4 is 5.32 Å². The fourth-order valence-electron chi connectivity index (χ4n) is 2.31. The molecule has 22 heavy (non-hydrogen) atoms. The summed E-state index contributed by atoms with van der Waals surface area (Å²) < 4.78 is 1.67. The SMILES string of the molecule is Cc1cc(NC(=O)CSc2ccc3ccccc3c2)n(C)n1. The standard InChI is InChI=1S/C17H17N3OS/c1-12-9-16(20(2)19-12)18-17(21)11-22-15-8-7-13-5-3-4-6-14(13)10-15/h3-10H,11H2,1-2H3,(H,18,21). The van der Waals surface area contributed by atoms with Crippen LogP contribution in [-0.2, 0) is 11.8 Å². The van der Waals surface area contributed by atoms with Gasteiger partial charge in [-0.2, -0.15) is 5.10 Å². The number of nitrogens with one attached hydrogen (secondary N) is 1. The monoisotopic (exact) mass is 311 g/mol. The summed E-state index contributed by atoms with van der Waals surface area (Å²) in [5.41, 5.74) is 0.889. The van der Waals surface area contributed by atoms with Gasteiger partial charge in [-0.1, -0.05) is 30.3 Å². The summed E-state index contributed by atoms with van der Waals surface area (Å²) in [6.07, 6.45) is 0. The van der Waals surface area contributed by atoms with Gasteiger partial charge in [-0.25, -0.2) is 0 Å². The van der Waals surface area contributed by atoms with Gasteiger partial charge in [-0.15, -0.1) is 11.8 Å². The Morgan fingerprint density at radius 3 is 2.68 bits per heavy atom. The van der Waals surface area contributed by atoms with Gasteiger partial charge < -0.3 is 5.32 Å². The Balaban J connectivity index is 1.63. The van der Waals surface area contributed by atoms with Crippen molar-refractivity contribution in [3.63, 3.8) is 0 Å². The Morgan fingerprint density at radius 2 is 1.95 bits per heavy atom. The third-order valence-corrected chi connectivity index (χ3v) is 4.35.